The van der Waals surface area contributed by atoms with Crippen molar-refractivity contribution < 1.29 is 42.8 Å². The Hall–Kier alpha value is -4.34. The number of aliphatic hydroxyl groups is 2. The molecule has 0 atom stereocenters. The van der Waals surface area contributed by atoms with E-state index in [0.717, 1.165) is 43.1 Å². The van der Waals surface area contributed by atoms with Crippen LogP contribution in [-0.4, -0.2) is 42.0 Å². The summed E-state index contributed by atoms with van der Waals surface area (Å²) in [5, 5.41) is 18.5. The van der Waals surface area contributed by atoms with E-state index >= 15 is 8.78 Å². The summed E-state index contributed by atoms with van der Waals surface area (Å²) in [6.45, 7) is 10.0. The number of carbonyl (C=O) groups excluding carboxylic acids is 2. The third-order valence-electron chi connectivity index (χ3n) is 11.3. The highest BCUT2D eigenvalue weighted by molar-refractivity contribution is 5.91. The second-order valence-electron chi connectivity index (χ2n) is 14.9. The Bertz CT molecular complexity index is 1700. The minimum absolute atomic E-state index is 0.203. The van der Waals surface area contributed by atoms with Gasteiger partial charge in [-0.3, -0.25) is 0 Å². The van der Waals surface area contributed by atoms with Crippen LogP contribution in [0, 0.1) is 29.4 Å². The minimum atomic E-state index is -0.934. The SMILES string of the molecule is C=C(CO)C(=O)Oc1ccc(-c2cc(C3CCC(C4CCC(CCCCC)CC4)CC3)cc(-c3ccc(OC(=O)C(=C)CO)c(F)c3)c2OCC)cc1F. The van der Waals surface area contributed by atoms with Crippen LogP contribution in [0.5, 0.6) is 17.2 Å². The van der Waals surface area contributed by atoms with E-state index in [2.05, 4.69) is 20.1 Å². The van der Waals surface area contributed by atoms with E-state index in [1.54, 1.807) is 12.1 Å². The molecule has 0 aromatic heterocycles. The summed E-state index contributed by atoms with van der Waals surface area (Å²) in [5.41, 5.74) is 2.76. The van der Waals surface area contributed by atoms with Crippen molar-refractivity contribution in [3.63, 3.8) is 0 Å². The number of aliphatic hydroxyl groups excluding tert-OH is 2. The summed E-state index contributed by atoms with van der Waals surface area (Å²) in [7, 11) is 0. The molecule has 3 aromatic carbocycles. The van der Waals surface area contributed by atoms with Crippen LogP contribution in [-0.2, 0) is 9.59 Å². The largest absolute Gasteiger partial charge is 0.493 e. The van der Waals surface area contributed by atoms with Crippen molar-refractivity contribution in [3.05, 3.63) is 90.0 Å². The van der Waals surface area contributed by atoms with Crippen LogP contribution < -0.4 is 14.2 Å². The number of esters is 2. The molecule has 7 nitrogen and oxygen atoms in total. The standard InChI is InChI=1S/C45H54F2O7/c1-5-7-8-9-30-10-12-31(13-11-30)32-14-16-33(17-15-32)36-22-37(34-18-20-41(39(46)24-34)53-44(50)28(3)26-48)43(52-6-2)38(23-36)35-19-21-42(40(47)25-35)54-45(51)29(4)27-49/h18-25,30-33,48-49H,3-17,26-27H2,1-2H3. The van der Waals surface area contributed by atoms with Crippen LogP contribution >= 0.6 is 0 Å². The molecule has 5 rings (SSSR count). The van der Waals surface area contributed by atoms with Crippen LogP contribution in [0.25, 0.3) is 22.3 Å². The topological polar surface area (TPSA) is 102 Å². The molecule has 0 amide bonds. The van der Waals surface area contributed by atoms with Gasteiger partial charge in [0, 0.05) is 11.1 Å². The van der Waals surface area contributed by atoms with Crippen molar-refractivity contribution in [2.75, 3.05) is 19.8 Å². The lowest BCUT2D eigenvalue weighted by molar-refractivity contribution is -0.131. The first-order valence-corrected chi connectivity index (χ1v) is 19.5. The maximum atomic E-state index is 15.5. The molecule has 2 saturated carbocycles. The molecule has 0 spiro atoms. The van der Waals surface area contributed by atoms with Crippen molar-refractivity contribution in [2.45, 2.75) is 96.8 Å². The van der Waals surface area contributed by atoms with Crippen molar-refractivity contribution in [1.82, 2.24) is 0 Å². The van der Waals surface area contributed by atoms with Crippen molar-refractivity contribution >= 4 is 11.9 Å². The number of hydrogen-bond acceptors (Lipinski definition) is 7. The molecule has 2 aliphatic rings. The maximum Gasteiger partial charge on any atom is 0.341 e. The number of halogens is 2. The molecule has 2 N–H and O–H groups in total. The summed E-state index contributed by atoms with van der Waals surface area (Å²) in [6, 6.07) is 12.6. The monoisotopic (exact) mass is 744 g/mol. The molecule has 0 bridgehead atoms. The van der Waals surface area contributed by atoms with E-state index in [-0.39, 0.29) is 35.2 Å². The Balaban J connectivity index is 1.47. The molecular formula is C45H54F2O7. The van der Waals surface area contributed by atoms with Gasteiger partial charge < -0.3 is 24.4 Å². The van der Waals surface area contributed by atoms with Crippen molar-refractivity contribution in [3.8, 4) is 39.5 Å². The number of unbranched alkanes of at least 4 members (excludes halogenated alkanes) is 2. The zero-order valence-corrected chi connectivity index (χ0v) is 31.6. The molecule has 0 heterocycles. The average Bonchev–Trinajstić information content (AvgIpc) is 3.19. The Morgan fingerprint density at radius 1 is 0.704 bits per heavy atom. The minimum Gasteiger partial charge on any atom is -0.493 e. The van der Waals surface area contributed by atoms with E-state index in [4.69, 9.17) is 14.2 Å². The molecule has 0 unspecified atom stereocenters. The Morgan fingerprint density at radius 3 is 1.61 bits per heavy atom. The van der Waals surface area contributed by atoms with Gasteiger partial charge in [-0.2, -0.15) is 0 Å². The third kappa shape index (κ3) is 10.0. The van der Waals surface area contributed by atoms with Gasteiger partial charge in [-0.1, -0.05) is 70.7 Å². The summed E-state index contributed by atoms with van der Waals surface area (Å²) in [5.74, 6) is -1.06. The van der Waals surface area contributed by atoms with E-state index in [9.17, 15) is 19.8 Å². The predicted octanol–water partition coefficient (Wildman–Crippen LogP) is 10.3. The highest BCUT2D eigenvalue weighted by Crippen LogP contribution is 2.48. The molecule has 54 heavy (non-hydrogen) atoms. The number of benzene rings is 3. The third-order valence-corrected chi connectivity index (χ3v) is 11.3. The van der Waals surface area contributed by atoms with E-state index < -0.39 is 36.8 Å². The lowest BCUT2D eigenvalue weighted by Crippen LogP contribution is -2.25. The molecule has 9 heteroatoms. The van der Waals surface area contributed by atoms with Crippen LogP contribution in [0.15, 0.2) is 72.8 Å². The van der Waals surface area contributed by atoms with Gasteiger partial charge in [0.05, 0.1) is 31.0 Å². The number of rotatable bonds is 16. The molecule has 0 radical (unpaired) electrons. The zero-order chi connectivity index (χ0) is 38.8. The Labute approximate surface area is 318 Å². The van der Waals surface area contributed by atoms with Crippen LogP contribution in [0.1, 0.15) is 102 Å². The summed E-state index contributed by atoms with van der Waals surface area (Å²) in [6.07, 6.45) is 14.9. The molecule has 2 fully saturated rings. The smallest absolute Gasteiger partial charge is 0.341 e. The maximum absolute atomic E-state index is 15.5. The van der Waals surface area contributed by atoms with Crippen LogP contribution in [0.3, 0.4) is 0 Å². The number of hydrogen-bond donors (Lipinski definition) is 2. The molecule has 0 saturated heterocycles. The zero-order valence-electron chi connectivity index (χ0n) is 31.6. The molecule has 0 aliphatic heterocycles. The second-order valence-corrected chi connectivity index (χ2v) is 14.9. The van der Waals surface area contributed by atoms with E-state index in [1.807, 2.05) is 19.1 Å². The van der Waals surface area contributed by atoms with E-state index in [1.165, 1.54) is 75.6 Å². The van der Waals surface area contributed by atoms with Gasteiger partial charge in [0.1, 0.15) is 5.75 Å². The summed E-state index contributed by atoms with van der Waals surface area (Å²) >= 11 is 0. The fourth-order valence-electron chi connectivity index (χ4n) is 8.15. The van der Waals surface area contributed by atoms with Gasteiger partial charge >= 0.3 is 11.9 Å². The van der Waals surface area contributed by atoms with Crippen LogP contribution in [0.2, 0.25) is 0 Å². The highest BCUT2D eigenvalue weighted by Gasteiger charge is 2.32. The molecular weight excluding hydrogens is 690 g/mol. The molecule has 3 aromatic rings. The average molecular weight is 745 g/mol. The van der Waals surface area contributed by atoms with Crippen molar-refractivity contribution in [1.29, 1.82) is 0 Å². The van der Waals surface area contributed by atoms with Crippen LogP contribution in [0.4, 0.5) is 8.78 Å². The van der Waals surface area contributed by atoms with E-state index in [0.29, 0.717) is 33.9 Å². The van der Waals surface area contributed by atoms with Gasteiger partial charge in [-0.25, -0.2) is 18.4 Å². The predicted molar refractivity (Wildman–Crippen MR) is 206 cm³/mol. The second kappa shape index (κ2) is 19.3. The van der Waals surface area contributed by atoms with Gasteiger partial charge in [0.2, 0.25) is 0 Å². The Morgan fingerprint density at radius 2 is 1.19 bits per heavy atom. The Kier molecular flexibility index (Phi) is 14.6. The summed E-state index contributed by atoms with van der Waals surface area (Å²) in [4.78, 5) is 24.4. The molecule has 290 valence electrons. The van der Waals surface area contributed by atoms with Gasteiger partial charge in [-0.05, 0) is 122 Å². The van der Waals surface area contributed by atoms with Gasteiger partial charge in [-0.15, -0.1) is 0 Å². The highest BCUT2D eigenvalue weighted by atomic mass is 19.1. The number of ether oxygens (including phenoxy) is 3. The first kappa shape index (κ1) is 40.8. The first-order valence-electron chi connectivity index (χ1n) is 19.5. The normalized spacial score (nSPS) is 19.9. The van der Waals surface area contributed by atoms with Gasteiger partial charge in [0.25, 0.3) is 0 Å². The van der Waals surface area contributed by atoms with Crippen molar-refractivity contribution in [2.24, 2.45) is 17.8 Å². The first-order chi connectivity index (χ1) is 26.1. The fraction of sp³-hybridized carbons (Fsp3) is 0.467. The lowest BCUT2D eigenvalue weighted by Gasteiger charge is -2.38. The molecule has 2 aliphatic carbocycles. The fourth-order valence-corrected chi connectivity index (χ4v) is 8.15. The van der Waals surface area contributed by atoms with Gasteiger partial charge in [0.15, 0.2) is 23.1 Å². The number of carbonyl (C=O) groups is 2. The summed E-state index contributed by atoms with van der Waals surface area (Å²) < 4.78 is 47.6. The lowest BCUT2D eigenvalue weighted by atomic mass is 9.67. The quantitative estimate of drug-likeness (QED) is 0.0652.